The summed E-state index contributed by atoms with van der Waals surface area (Å²) in [6.45, 7) is 1.45. The molecule has 2 heterocycles. The smallest absolute Gasteiger partial charge is 0.191 e. The summed E-state index contributed by atoms with van der Waals surface area (Å²) < 4.78 is 63.0. The largest absolute Gasteiger partial charge is 0.461 e. The number of hydrogen-bond acceptors (Lipinski definition) is 3. The van der Waals surface area contributed by atoms with Crippen LogP contribution in [-0.2, 0) is 5.92 Å². The summed E-state index contributed by atoms with van der Waals surface area (Å²) in [6, 6.07) is 2.69. The maximum absolute atomic E-state index is 13.1. The average Bonchev–Trinajstić information content (AvgIpc) is 2.58. The lowest BCUT2D eigenvalue weighted by Gasteiger charge is -2.16. The zero-order chi connectivity index (χ0) is 12.8. The number of halogens is 5. The van der Waals surface area contributed by atoms with Crippen LogP contribution < -0.4 is 0 Å². The van der Waals surface area contributed by atoms with Crippen LogP contribution in [0.3, 0.4) is 0 Å². The molecule has 0 spiro atoms. The van der Waals surface area contributed by atoms with Crippen LogP contribution in [0.2, 0.25) is 0 Å². The highest BCUT2D eigenvalue weighted by Crippen LogP contribution is 2.42. The number of aromatic nitrogens is 4. The van der Waals surface area contributed by atoms with Gasteiger partial charge in [0.25, 0.3) is 0 Å². The number of hydrogen-bond donors (Lipinski definition) is 0. The number of alkyl halides is 5. The molecule has 0 aromatic carbocycles. The van der Waals surface area contributed by atoms with Gasteiger partial charge in [0.2, 0.25) is 5.82 Å². The second-order valence-corrected chi connectivity index (χ2v) is 3.34. The van der Waals surface area contributed by atoms with Crippen molar-refractivity contribution in [2.24, 2.45) is 0 Å². The van der Waals surface area contributed by atoms with Crippen molar-refractivity contribution in [1.29, 1.82) is 0 Å². The minimum absolute atomic E-state index is 0.172. The molecule has 0 aliphatic rings. The summed E-state index contributed by atoms with van der Waals surface area (Å²) in [7, 11) is 0. The fourth-order valence-corrected chi connectivity index (χ4v) is 1.20. The summed E-state index contributed by atoms with van der Waals surface area (Å²) in [5.74, 6) is -6.63. The standard InChI is InChI=1S/C8H5F5N4/c1-4-2-3-5-14-15-6(17(5)16-4)7(9,10)8(11,12)13/h2-3H,1H3. The van der Waals surface area contributed by atoms with E-state index in [-0.39, 0.29) is 11.3 Å². The van der Waals surface area contributed by atoms with Gasteiger partial charge in [0.1, 0.15) is 0 Å². The highest BCUT2D eigenvalue weighted by molar-refractivity contribution is 5.36. The molecule has 0 saturated carbocycles. The van der Waals surface area contributed by atoms with Crippen molar-refractivity contribution >= 4 is 5.65 Å². The van der Waals surface area contributed by atoms with Crippen molar-refractivity contribution in [1.82, 2.24) is 19.8 Å². The van der Waals surface area contributed by atoms with Crippen molar-refractivity contribution in [2.45, 2.75) is 19.0 Å². The second-order valence-electron chi connectivity index (χ2n) is 3.34. The molecule has 0 saturated heterocycles. The fourth-order valence-electron chi connectivity index (χ4n) is 1.20. The first-order valence-corrected chi connectivity index (χ1v) is 4.37. The molecule has 0 unspecified atom stereocenters. The first-order chi connectivity index (χ1) is 7.73. The van der Waals surface area contributed by atoms with Gasteiger partial charge < -0.3 is 0 Å². The summed E-state index contributed by atoms with van der Waals surface area (Å²) in [6.07, 6.45) is -5.73. The fraction of sp³-hybridized carbons (Fsp3) is 0.375. The molecular formula is C8H5F5N4. The van der Waals surface area contributed by atoms with Crippen molar-refractivity contribution in [3.05, 3.63) is 23.7 Å². The highest BCUT2D eigenvalue weighted by Gasteiger charge is 2.62. The van der Waals surface area contributed by atoms with E-state index in [0.717, 1.165) is 0 Å². The van der Waals surface area contributed by atoms with Crippen molar-refractivity contribution in [3.8, 4) is 0 Å². The van der Waals surface area contributed by atoms with Crippen LogP contribution in [0, 0.1) is 6.92 Å². The van der Waals surface area contributed by atoms with E-state index in [4.69, 9.17) is 0 Å². The minimum Gasteiger partial charge on any atom is -0.191 e. The molecule has 0 atom stereocenters. The Morgan fingerprint density at radius 1 is 1.06 bits per heavy atom. The van der Waals surface area contributed by atoms with Crippen molar-refractivity contribution in [3.63, 3.8) is 0 Å². The number of fused-ring (bicyclic) bond motifs is 1. The van der Waals surface area contributed by atoms with E-state index >= 15 is 0 Å². The Morgan fingerprint density at radius 3 is 2.29 bits per heavy atom. The third-order valence-corrected chi connectivity index (χ3v) is 2.03. The monoisotopic (exact) mass is 252 g/mol. The van der Waals surface area contributed by atoms with Gasteiger partial charge in [-0.3, -0.25) is 0 Å². The molecular weight excluding hydrogens is 247 g/mol. The number of nitrogens with zero attached hydrogens (tertiary/aromatic N) is 4. The SMILES string of the molecule is Cc1ccc2nnc(C(F)(F)C(F)(F)F)n2n1. The summed E-state index contributed by atoms with van der Waals surface area (Å²) >= 11 is 0. The maximum atomic E-state index is 13.1. The Morgan fingerprint density at radius 2 is 1.71 bits per heavy atom. The third kappa shape index (κ3) is 1.71. The quantitative estimate of drug-likeness (QED) is 0.730. The summed E-state index contributed by atoms with van der Waals surface area (Å²) in [5, 5.41) is 9.59. The van der Waals surface area contributed by atoms with E-state index in [1.807, 2.05) is 0 Å². The summed E-state index contributed by atoms with van der Waals surface area (Å²) in [5.41, 5.74) is 0.103. The van der Waals surface area contributed by atoms with Gasteiger partial charge in [0, 0.05) is 0 Å². The van der Waals surface area contributed by atoms with Gasteiger partial charge >= 0.3 is 12.1 Å². The van der Waals surface area contributed by atoms with Gasteiger partial charge in [-0.25, -0.2) is 0 Å². The minimum atomic E-state index is -5.73. The molecule has 4 nitrogen and oxygen atoms in total. The van der Waals surface area contributed by atoms with Gasteiger partial charge in [-0.1, -0.05) is 0 Å². The molecule has 0 radical (unpaired) electrons. The molecule has 2 aromatic rings. The van der Waals surface area contributed by atoms with E-state index in [0.29, 0.717) is 4.52 Å². The van der Waals surface area contributed by atoms with E-state index in [1.165, 1.54) is 19.1 Å². The molecule has 0 aliphatic heterocycles. The van der Waals surface area contributed by atoms with Gasteiger partial charge in [-0.15, -0.1) is 10.2 Å². The van der Waals surface area contributed by atoms with E-state index in [9.17, 15) is 22.0 Å². The molecule has 2 rings (SSSR count). The second kappa shape index (κ2) is 3.34. The molecule has 0 aliphatic carbocycles. The lowest BCUT2D eigenvalue weighted by Crippen LogP contribution is -2.36. The third-order valence-electron chi connectivity index (χ3n) is 2.03. The number of aryl methyl sites for hydroxylation is 1. The molecule has 0 N–H and O–H groups in total. The normalized spacial score (nSPS) is 13.3. The molecule has 0 amide bonds. The Balaban J connectivity index is 2.68. The number of rotatable bonds is 1. The Labute approximate surface area is 91.1 Å². The lowest BCUT2D eigenvalue weighted by molar-refractivity contribution is -0.293. The van der Waals surface area contributed by atoms with E-state index in [2.05, 4.69) is 15.3 Å². The molecule has 0 bridgehead atoms. The zero-order valence-corrected chi connectivity index (χ0v) is 8.33. The van der Waals surface area contributed by atoms with Crippen molar-refractivity contribution < 1.29 is 22.0 Å². The molecule has 92 valence electrons. The molecule has 2 aromatic heterocycles. The highest BCUT2D eigenvalue weighted by atomic mass is 19.4. The Bertz CT molecular complexity index is 559. The van der Waals surface area contributed by atoms with Gasteiger partial charge in [-0.05, 0) is 19.1 Å². The molecule has 17 heavy (non-hydrogen) atoms. The van der Waals surface area contributed by atoms with Gasteiger partial charge in [-0.2, -0.15) is 31.6 Å². The van der Waals surface area contributed by atoms with Crippen LogP contribution in [-0.4, -0.2) is 26.0 Å². The zero-order valence-electron chi connectivity index (χ0n) is 8.33. The van der Waals surface area contributed by atoms with Crippen LogP contribution in [0.15, 0.2) is 12.1 Å². The molecule has 0 fully saturated rings. The Hall–Kier alpha value is -1.80. The Kier molecular flexibility index (Phi) is 2.30. The van der Waals surface area contributed by atoms with Crippen LogP contribution >= 0.6 is 0 Å². The average molecular weight is 252 g/mol. The lowest BCUT2D eigenvalue weighted by atomic mass is 10.3. The van der Waals surface area contributed by atoms with Crippen LogP contribution in [0.5, 0.6) is 0 Å². The van der Waals surface area contributed by atoms with Crippen molar-refractivity contribution in [2.75, 3.05) is 0 Å². The predicted molar refractivity (Wildman–Crippen MR) is 45.5 cm³/mol. The summed E-state index contributed by atoms with van der Waals surface area (Å²) in [4.78, 5) is 0. The van der Waals surface area contributed by atoms with E-state index < -0.39 is 17.9 Å². The topological polar surface area (TPSA) is 43.1 Å². The van der Waals surface area contributed by atoms with Crippen LogP contribution in [0.25, 0.3) is 5.65 Å². The first-order valence-electron chi connectivity index (χ1n) is 4.37. The van der Waals surface area contributed by atoms with E-state index in [1.54, 1.807) is 0 Å². The first kappa shape index (κ1) is 11.7. The van der Waals surface area contributed by atoms with Gasteiger partial charge in [0.15, 0.2) is 5.65 Å². The maximum Gasteiger partial charge on any atom is 0.461 e. The van der Waals surface area contributed by atoms with Gasteiger partial charge in [0.05, 0.1) is 5.69 Å². The predicted octanol–water partition coefficient (Wildman–Crippen LogP) is 2.09. The van der Waals surface area contributed by atoms with Crippen LogP contribution in [0.4, 0.5) is 22.0 Å². The van der Waals surface area contributed by atoms with Crippen LogP contribution in [0.1, 0.15) is 11.5 Å². The molecule has 9 heteroatoms.